The number of carbonyl (C=O) groups is 1. The average molecular weight is 465 g/mol. The molecule has 0 amide bonds. The standard InChI is InChI=1S/C22H28N2O7S/c1-29-20-8-5-15(12-21(20)30-2)9-10-24-32(27,28)17-6-7-19(18(13-17)22(25)26)23-14-16-4-3-11-31-16/h5-8,12-13,16,23-24H,3-4,9-11,14H2,1-2H3,(H,25,26)/t16-/m1/s1. The van der Waals surface area contributed by atoms with Crippen molar-refractivity contribution >= 4 is 21.7 Å². The lowest BCUT2D eigenvalue weighted by molar-refractivity contribution is 0.0697. The molecule has 0 radical (unpaired) electrons. The van der Waals surface area contributed by atoms with Gasteiger partial charge in [0.15, 0.2) is 11.5 Å². The molecule has 9 nitrogen and oxygen atoms in total. The number of rotatable bonds is 11. The van der Waals surface area contributed by atoms with Crippen LogP contribution in [0.5, 0.6) is 11.5 Å². The van der Waals surface area contributed by atoms with Crippen molar-refractivity contribution in [3.63, 3.8) is 0 Å². The number of hydrogen-bond donors (Lipinski definition) is 3. The second-order valence-electron chi connectivity index (χ2n) is 7.37. The maximum atomic E-state index is 12.7. The van der Waals surface area contributed by atoms with E-state index in [0.717, 1.165) is 18.4 Å². The van der Waals surface area contributed by atoms with E-state index in [1.165, 1.54) is 25.3 Å². The van der Waals surface area contributed by atoms with Gasteiger partial charge in [0.1, 0.15) is 0 Å². The van der Waals surface area contributed by atoms with Crippen LogP contribution in [0.4, 0.5) is 5.69 Å². The van der Waals surface area contributed by atoms with E-state index in [4.69, 9.17) is 14.2 Å². The van der Waals surface area contributed by atoms with Crippen LogP contribution in [-0.2, 0) is 21.2 Å². The summed E-state index contributed by atoms with van der Waals surface area (Å²) in [6.45, 7) is 1.31. The lowest BCUT2D eigenvalue weighted by Crippen LogP contribution is -2.26. The Balaban J connectivity index is 1.66. The van der Waals surface area contributed by atoms with Gasteiger partial charge < -0.3 is 24.6 Å². The SMILES string of the molecule is COc1ccc(CCNS(=O)(=O)c2ccc(NC[C@H]3CCCO3)c(C(=O)O)c2)cc1OC. The predicted octanol–water partition coefficient (Wildman–Crippen LogP) is 2.51. The van der Waals surface area contributed by atoms with Gasteiger partial charge in [-0.2, -0.15) is 0 Å². The summed E-state index contributed by atoms with van der Waals surface area (Å²) < 4.78 is 43.9. The smallest absolute Gasteiger partial charge is 0.337 e. The zero-order chi connectivity index (χ0) is 23.1. The normalized spacial score (nSPS) is 16.0. The van der Waals surface area contributed by atoms with Gasteiger partial charge >= 0.3 is 5.97 Å². The molecule has 1 heterocycles. The van der Waals surface area contributed by atoms with Crippen molar-refractivity contribution in [2.45, 2.75) is 30.3 Å². The Kier molecular flexibility index (Phi) is 7.94. The highest BCUT2D eigenvalue weighted by molar-refractivity contribution is 7.89. The molecule has 0 aromatic heterocycles. The van der Waals surface area contributed by atoms with Crippen LogP contribution in [0.3, 0.4) is 0 Å². The van der Waals surface area contributed by atoms with Gasteiger partial charge in [-0.05, 0) is 55.2 Å². The molecule has 1 saturated heterocycles. The lowest BCUT2D eigenvalue weighted by Gasteiger charge is -2.15. The van der Waals surface area contributed by atoms with Crippen molar-refractivity contribution < 1.29 is 32.5 Å². The minimum atomic E-state index is -3.88. The molecule has 3 N–H and O–H groups in total. The molecule has 32 heavy (non-hydrogen) atoms. The number of methoxy groups -OCH3 is 2. The number of hydrogen-bond acceptors (Lipinski definition) is 7. The molecule has 0 unspecified atom stereocenters. The minimum absolute atomic E-state index is 0.0262. The van der Waals surface area contributed by atoms with Gasteiger partial charge in [-0.15, -0.1) is 0 Å². The Bertz CT molecular complexity index is 1050. The van der Waals surface area contributed by atoms with Gasteiger partial charge in [-0.1, -0.05) is 6.07 Å². The zero-order valence-corrected chi connectivity index (χ0v) is 18.9. The summed E-state index contributed by atoms with van der Waals surface area (Å²) in [5, 5.41) is 12.6. The number of carboxylic acids is 1. The first-order valence-electron chi connectivity index (χ1n) is 10.3. The van der Waals surface area contributed by atoms with Crippen molar-refractivity contribution in [3.05, 3.63) is 47.5 Å². The van der Waals surface area contributed by atoms with E-state index >= 15 is 0 Å². The molecule has 1 aliphatic rings. The molecule has 1 atom stereocenters. The highest BCUT2D eigenvalue weighted by atomic mass is 32.2. The first-order valence-corrected chi connectivity index (χ1v) is 11.8. The van der Waals surface area contributed by atoms with Crippen LogP contribution in [0.25, 0.3) is 0 Å². The molecule has 10 heteroatoms. The fourth-order valence-electron chi connectivity index (χ4n) is 3.50. The van der Waals surface area contributed by atoms with Gasteiger partial charge in [0.2, 0.25) is 10.0 Å². The quantitative estimate of drug-likeness (QED) is 0.464. The number of ether oxygens (including phenoxy) is 3. The monoisotopic (exact) mass is 464 g/mol. The molecular weight excluding hydrogens is 436 g/mol. The molecule has 0 saturated carbocycles. The molecule has 174 valence electrons. The Morgan fingerprint density at radius 2 is 1.94 bits per heavy atom. The van der Waals surface area contributed by atoms with Crippen molar-refractivity contribution in [1.29, 1.82) is 0 Å². The van der Waals surface area contributed by atoms with Gasteiger partial charge in [-0.3, -0.25) is 0 Å². The zero-order valence-electron chi connectivity index (χ0n) is 18.1. The summed E-state index contributed by atoms with van der Waals surface area (Å²) >= 11 is 0. The Hall–Kier alpha value is -2.82. The summed E-state index contributed by atoms with van der Waals surface area (Å²) in [5.74, 6) is -0.0570. The van der Waals surface area contributed by atoms with Gasteiger partial charge in [0, 0.05) is 25.4 Å². The molecule has 0 aliphatic carbocycles. The van der Waals surface area contributed by atoms with Crippen LogP contribution in [0, 0.1) is 0 Å². The molecule has 0 spiro atoms. The summed E-state index contributed by atoms with van der Waals surface area (Å²) in [4.78, 5) is 11.6. The lowest BCUT2D eigenvalue weighted by atomic mass is 10.1. The summed E-state index contributed by atoms with van der Waals surface area (Å²) in [6, 6.07) is 9.39. The number of benzene rings is 2. The highest BCUT2D eigenvalue weighted by Crippen LogP contribution is 2.27. The van der Waals surface area contributed by atoms with E-state index in [1.54, 1.807) is 19.2 Å². The number of aromatic carboxylic acids is 1. The fraction of sp³-hybridized carbons (Fsp3) is 0.409. The van der Waals surface area contributed by atoms with Gasteiger partial charge in [0.05, 0.1) is 30.8 Å². The number of nitrogens with one attached hydrogen (secondary N) is 2. The molecule has 2 aromatic rings. The number of carboxylic acid groups (broad SMARTS) is 1. The van der Waals surface area contributed by atoms with E-state index in [0.29, 0.717) is 36.8 Å². The second-order valence-corrected chi connectivity index (χ2v) is 9.13. The Labute approximate surface area is 187 Å². The Morgan fingerprint density at radius 1 is 1.16 bits per heavy atom. The third kappa shape index (κ3) is 5.90. The van der Waals surface area contributed by atoms with Crippen LogP contribution in [-0.4, -0.2) is 59.5 Å². The molecule has 3 rings (SSSR count). The first kappa shape index (κ1) is 23.8. The third-order valence-corrected chi connectivity index (χ3v) is 6.69. The predicted molar refractivity (Wildman–Crippen MR) is 119 cm³/mol. The summed E-state index contributed by atoms with van der Waals surface area (Å²) in [5.41, 5.74) is 1.12. The van der Waals surface area contributed by atoms with Crippen LogP contribution in [0.1, 0.15) is 28.8 Å². The van der Waals surface area contributed by atoms with Crippen molar-refractivity contribution in [2.24, 2.45) is 0 Å². The molecule has 0 bridgehead atoms. The molecular formula is C22H28N2O7S. The highest BCUT2D eigenvalue weighted by Gasteiger charge is 2.20. The molecule has 1 fully saturated rings. The summed E-state index contributed by atoms with van der Waals surface area (Å²) in [7, 11) is -0.811. The van der Waals surface area contributed by atoms with E-state index in [9.17, 15) is 18.3 Å². The van der Waals surface area contributed by atoms with Crippen LogP contribution < -0.4 is 19.5 Å². The Morgan fingerprint density at radius 3 is 2.59 bits per heavy atom. The third-order valence-electron chi connectivity index (χ3n) is 5.23. The van der Waals surface area contributed by atoms with Gasteiger partial charge in [-0.25, -0.2) is 17.9 Å². The van der Waals surface area contributed by atoms with Crippen molar-refractivity contribution in [3.8, 4) is 11.5 Å². The molecule has 1 aliphatic heterocycles. The van der Waals surface area contributed by atoms with Gasteiger partial charge in [0.25, 0.3) is 0 Å². The van der Waals surface area contributed by atoms with E-state index in [1.807, 2.05) is 6.07 Å². The van der Waals surface area contributed by atoms with E-state index < -0.39 is 16.0 Å². The second kappa shape index (κ2) is 10.7. The van der Waals surface area contributed by atoms with Crippen LogP contribution in [0.2, 0.25) is 0 Å². The molecule has 2 aromatic carbocycles. The summed E-state index contributed by atoms with van der Waals surface area (Å²) in [6.07, 6.45) is 2.33. The maximum absolute atomic E-state index is 12.7. The van der Waals surface area contributed by atoms with Crippen LogP contribution >= 0.6 is 0 Å². The maximum Gasteiger partial charge on any atom is 0.337 e. The average Bonchev–Trinajstić information content (AvgIpc) is 3.31. The topological polar surface area (TPSA) is 123 Å². The van der Waals surface area contributed by atoms with E-state index in [2.05, 4.69) is 10.0 Å². The van der Waals surface area contributed by atoms with Crippen molar-refractivity contribution in [2.75, 3.05) is 39.2 Å². The first-order chi connectivity index (χ1) is 15.3. The fourth-order valence-corrected chi connectivity index (χ4v) is 4.56. The minimum Gasteiger partial charge on any atom is -0.493 e. The largest absolute Gasteiger partial charge is 0.493 e. The van der Waals surface area contributed by atoms with Crippen LogP contribution in [0.15, 0.2) is 41.3 Å². The van der Waals surface area contributed by atoms with Crippen molar-refractivity contribution in [1.82, 2.24) is 4.72 Å². The van der Waals surface area contributed by atoms with E-state index in [-0.39, 0.29) is 23.1 Å². The number of anilines is 1. The number of sulfonamides is 1.